The molecule has 0 N–H and O–H groups in total. The Hall–Kier alpha value is -6.25. The fraction of sp³-hybridized carbons (Fsp3) is 0. The number of benzene rings is 8. The highest BCUT2D eigenvalue weighted by Gasteiger charge is 2.19. The van der Waals surface area contributed by atoms with Gasteiger partial charge in [-0.2, -0.15) is 0 Å². The molecule has 9 rings (SSSR count). The second kappa shape index (κ2) is 11.3. The molecular formula is C45H30N2. The summed E-state index contributed by atoms with van der Waals surface area (Å²) in [6.07, 6.45) is 0. The van der Waals surface area contributed by atoms with Crippen molar-refractivity contribution in [3.63, 3.8) is 0 Å². The molecular weight excluding hydrogens is 569 g/mol. The maximum absolute atomic E-state index is 9.42. The van der Waals surface area contributed by atoms with Gasteiger partial charge in [0.05, 0.1) is 35.7 Å². The lowest BCUT2D eigenvalue weighted by atomic mass is 9.85. The quantitative estimate of drug-likeness (QED) is 0.176. The molecule has 220 valence electrons. The Labute approximate surface area is 299 Å². The van der Waals surface area contributed by atoms with Gasteiger partial charge >= 0.3 is 0 Å². The molecule has 0 aliphatic carbocycles. The van der Waals surface area contributed by atoms with Gasteiger partial charge in [-0.25, -0.2) is 4.98 Å². The first-order chi connectivity index (χ1) is 30.8. The second-order valence-electron chi connectivity index (χ2n) is 10.6. The molecule has 0 atom stereocenters. The molecule has 2 nitrogen and oxygen atoms in total. The van der Waals surface area contributed by atoms with E-state index in [4.69, 9.17) is 24.2 Å². The van der Waals surface area contributed by atoms with Crippen molar-refractivity contribution in [1.82, 2.24) is 9.55 Å². The first-order valence-electron chi connectivity index (χ1n) is 23.6. The molecule has 0 radical (unpaired) electrons. The fourth-order valence-electron chi connectivity index (χ4n) is 6.04. The van der Waals surface area contributed by atoms with Crippen LogP contribution < -0.4 is 0 Å². The van der Waals surface area contributed by atoms with Crippen LogP contribution in [0.25, 0.3) is 83.0 Å². The van der Waals surface area contributed by atoms with E-state index in [0.717, 1.165) is 0 Å². The SMILES string of the molecule is [2H]c1c([2H])c([2H])c(-c2cccc(-c3c4c([2H])c([2H])c([2H])c([2H])c4c(-c4cccc(-n5c(-c6c([2H])c([2H])c([2H])c([2H])c6[2H])nc6ccccc65)c4)c4c([2H])c([2H])c([2H])c([2H])c34)c2)c([2H])c1[2H]. The minimum atomic E-state index is -0.640. The molecule has 1 aromatic heterocycles. The number of para-hydroxylation sites is 2. The lowest BCUT2D eigenvalue weighted by molar-refractivity contribution is 1.10. The molecule has 0 spiro atoms. The maximum atomic E-state index is 9.42. The highest BCUT2D eigenvalue weighted by atomic mass is 15.1. The van der Waals surface area contributed by atoms with Crippen molar-refractivity contribution in [2.45, 2.75) is 0 Å². The molecule has 8 aromatic carbocycles. The Balaban J connectivity index is 1.43. The number of hydrogen-bond acceptors (Lipinski definition) is 1. The summed E-state index contributed by atoms with van der Waals surface area (Å²) in [5.74, 6) is -0.00625. The monoisotopic (exact) mass is 616 g/mol. The summed E-state index contributed by atoms with van der Waals surface area (Å²) in [5, 5.41) is -0.481. The van der Waals surface area contributed by atoms with E-state index in [2.05, 4.69) is 0 Å². The molecule has 0 aliphatic rings. The molecule has 0 saturated heterocycles. The van der Waals surface area contributed by atoms with Crippen molar-refractivity contribution in [1.29, 1.82) is 0 Å². The van der Waals surface area contributed by atoms with Crippen LogP contribution in [0.1, 0.15) is 24.7 Å². The summed E-state index contributed by atoms with van der Waals surface area (Å²) in [4.78, 5) is 4.73. The molecule has 0 unspecified atom stereocenters. The van der Waals surface area contributed by atoms with Crippen molar-refractivity contribution in [3.8, 4) is 50.5 Å². The summed E-state index contributed by atoms with van der Waals surface area (Å²) in [7, 11) is 0. The van der Waals surface area contributed by atoms with Crippen LogP contribution in [0.4, 0.5) is 0 Å². The molecule has 0 fully saturated rings. The lowest BCUT2D eigenvalue weighted by Gasteiger charge is -2.19. The van der Waals surface area contributed by atoms with Crippen LogP contribution in [0, 0.1) is 0 Å². The van der Waals surface area contributed by atoms with Crippen LogP contribution >= 0.6 is 0 Å². The average molecular weight is 617 g/mol. The summed E-state index contributed by atoms with van der Waals surface area (Å²) < 4.78 is 159. The Morgan fingerprint density at radius 2 is 0.936 bits per heavy atom. The summed E-state index contributed by atoms with van der Waals surface area (Å²) in [6, 6.07) is 9.13. The summed E-state index contributed by atoms with van der Waals surface area (Å²) in [6.45, 7) is 0. The Kier molecular flexibility index (Phi) is 3.47. The molecule has 9 aromatic rings. The number of hydrogen-bond donors (Lipinski definition) is 0. The normalized spacial score (nSPS) is 16.8. The number of aromatic nitrogens is 2. The van der Waals surface area contributed by atoms with Crippen molar-refractivity contribution >= 4 is 32.6 Å². The van der Waals surface area contributed by atoms with E-state index in [0.29, 0.717) is 16.7 Å². The highest BCUT2D eigenvalue weighted by molar-refractivity contribution is 6.21. The Morgan fingerprint density at radius 3 is 1.57 bits per heavy atom. The van der Waals surface area contributed by atoms with Crippen LogP contribution in [0.15, 0.2) is 182 Å². The van der Waals surface area contributed by atoms with Gasteiger partial charge in [-0.05, 0) is 85.3 Å². The fourth-order valence-corrected chi connectivity index (χ4v) is 6.04. The molecule has 1 heterocycles. The third kappa shape index (κ3) is 4.62. The van der Waals surface area contributed by atoms with Crippen molar-refractivity contribution in [2.75, 3.05) is 0 Å². The first-order valence-corrected chi connectivity index (χ1v) is 14.6. The molecule has 0 aliphatic heterocycles. The zero-order valence-electron chi connectivity index (χ0n) is 42.3. The van der Waals surface area contributed by atoms with Crippen molar-refractivity contribution in [3.05, 3.63) is 182 Å². The Morgan fingerprint density at radius 1 is 0.426 bits per heavy atom. The first kappa shape index (κ1) is 14.5. The third-order valence-corrected chi connectivity index (χ3v) is 7.99. The van der Waals surface area contributed by atoms with Crippen LogP contribution in [0.3, 0.4) is 0 Å². The molecule has 0 amide bonds. The lowest BCUT2D eigenvalue weighted by Crippen LogP contribution is -1.98. The molecule has 47 heavy (non-hydrogen) atoms. The van der Waals surface area contributed by atoms with E-state index in [1.54, 1.807) is 59.2 Å². The molecule has 0 bridgehead atoms. The predicted molar refractivity (Wildman–Crippen MR) is 198 cm³/mol. The van der Waals surface area contributed by atoms with Gasteiger partial charge in [-0.3, -0.25) is 4.57 Å². The van der Waals surface area contributed by atoms with Crippen molar-refractivity contribution in [2.24, 2.45) is 0 Å². The minimum Gasteiger partial charge on any atom is -0.292 e. The number of fused-ring (bicyclic) bond motifs is 3. The number of nitrogens with zero attached hydrogens (tertiary/aromatic N) is 2. The largest absolute Gasteiger partial charge is 0.292 e. The summed E-state index contributed by atoms with van der Waals surface area (Å²) in [5.41, 5.74) is 1.36. The van der Waals surface area contributed by atoms with Gasteiger partial charge in [0.1, 0.15) is 5.82 Å². The van der Waals surface area contributed by atoms with Crippen LogP contribution in [-0.4, -0.2) is 9.55 Å². The highest BCUT2D eigenvalue weighted by Crippen LogP contribution is 2.44. The van der Waals surface area contributed by atoms with E-state index in [1.165, 1.54) is 18.2 Å². The number of imidazole rings is 1. The van der Waals surface area contributed by atoms with Crippen molar-refractivity contribution < 1.29 is 24.7 Å². The van der Waals surface area contributed by atoms with Gasteiger partial charge in [-0.15, -0.1) is 0 Å². The zero-order valence-corrected chi connectivity index (χ0v) is 24.3. The predicted octanol–water partition coefficient (Wildman–Crippen LogP) is 12.0. The van der Waals surface area contributed by atoms with Gasteiger partial charge in [-0.1, -0.05) is 151 Å². The van der Waals surface area contributed by atoms with Gasteiger partial charge in [0.2, 0.25) is 0 Å². The van der Waals surface area contributed by atoms with E-state index in [-0.39, 0.29) is 66.3 Å². The van der Waals surface area contributed by atoms with E-state index in [1.807, 2.05) is 0 Å². The van der Waals surface area contributed by atoms with E-state index >= 15 is 0 Å². The maximum Gasteiger partial charge on any atom is 0.145 e. The minimum absolute atomic E-state index is 0.00625. The molecule has 0 saturated carbocycles. The topological polar surface area (TPSA) is 17.8 Å². The van der Waals surface area contributed by atoms with Gasteiger partial charge < -0.3 is 0 Å². The van der Waals surface area contributed by atoms with E-state index < -0.39 is 109 Å². The van der Waals surface area contributed by atoms with E-state index in [9.17, 15) is 5.48 Å². The molecule has 2 heteroatoms. The van der Waals surface area contributed by atoms with Gasteiger partial charge in [0.15, 0.2) is 0 Å². The third-order valence-electron chi connectivity index (χ3n) is 7.99. The van der Waals surface area contributed by atoms with Crippen LogP contribution in [0.5, 0.6) is 0 Å². The van der Waals surface area contributed by atoms with Gasteiger partial charge in [0, 0.05) is 11.3 Å². The Bertz CT molecular complexity index is 3460. The van der Waals surface area contributed by atoms with Gasteiger partial charge in [0.25, 0.3) is 0 Å². The zero-order chi connectivity index (χ0) is 46.8. The van der Waals surface area contributed by atoms with Crippen LogP contribution in [-0.2, 0) is 0 Å². The smallest absolute Gasteiger partial charge is 0.145 e. The summed E-state index contributed by atoms with van der Waals surface area (Å²) >= 11 is 0. The van der Waals surface area contributed by atoms with Crippen LogP contribution in [0.2, 0.25) is 0 Å². The number of rotatable bonds is 5. The standard InChI is InChI=1S/C45H30N2/c1-3-15-31(16-4-1)33-19-13-20-34(29-33)43-37-23-7-9-25-39(37)44(40-26-10-8-24-38(40)43)35-21-14-22-36(30-35)47-42-28-12-11-27-41(42)46-45(47)32-17-5-2-6-18-32/h1-30H/i1D,2D,3D,4D,5D,6D,7D,8D,9D,10D,15D,16D,17D,18D,23D,24D,25D,26D. The average Bonchev–Trinajstić information content (AvgIpc) is 3.69. The second-order valence-corrected chi connectivity index (χ2v) is 10.6.